The molecule has 0 fully saturated rings. The summed E-state index contributed by atoms with van der Waals surface area (Å²) in [7, 11) is 2.03. The topological polar surface area (TPSA) is 41.6 Å². The molecule has 0 aromatic heterocycles. The lowest BCUT2D eigenvalue weighted by Crippen LogP contribution is -2.46. The van der Waals surface area contributed by atoms with Crippen LogP contribution in [0.4, 0.5) is 0 Å². The van der Waals surface area contributed by atoms with Crippen LogP contribution in [0.5, 0.6) is 0 Å². The van der Waals surface area contributed by atoms with Crippen molar-refractivity contribution in [1.82, 2.24) is 10.2 Å². The van der Waals surface area contributed by atoms with Crippen LogP contribution in [0.15, 0.2) is 0 Å². The molecule has 0 aliphatic heterocycles. The van der Waals surface area contributed by atoms with Crippen molar-refractivity contribution in [1.29, 1.82) is 0 Å². The lowest BCUT2D eigenvalue weighted by Gasteiger charge is -2.24. The quantitative estimate of drug-likeness (QED) is 0.728. The van der Waals surface area contributed by atoms with Gasteiger partial charge in [0, 0.05) is 19.7 Å². The van der Waals surface area contributed by atoms with Crippen molar-refractivity contribution in [2.24, 2.45) is 0 Å². The zero-order valence-electron chi connectivity index (χ0n) is 13.3. The number of hydrogen-bond donors (Lipinski definition) is 1. The van der Waals surface area contributed by atoms with Gasteiger partial charge in [0.1, 0.15) is 5.60 Å². The maximum atomic E-state index is 11.8. The molecule has 4 nitrogen and oxygen atoms in total. The fourth-order valence-electron chi connectivity index (χ4n) is 1.15. The Morgan fingerprint density at radius 2 is 1.83 bits per heavy atom. The van der Waals surface area contributed by atoms with E-state index in [4.69, 9.17) is 4.74 Å². The van der Waals surface area contributed by atoms with Crippen LogP contribution in [0.25, 0.3) is 0 Å². The highest BCUT2D eigenvalue weighted by Gasteiger charge is 2.27. The van der Waals surface area contributed by atoms with Crippen molar-refractivity contribution < 1.29 is 9.53 Å². The highest BCUT2D eigenvalue weighted by atomic mass is 16.5. The molecule has 0 saturated heterocycles. The molecule has 0 aliphatic rings. The lowest BCUT2D eigenvalue weighted by molar-refractivity contribution is -0.142. The van der Waals surface area contributed by atoms with Gasteiger partial charge >= 0.3 is 0 Å². The van der Waals surface area contributed by atoms with Gasteiger partial charge in [-0.15, -0.1) is 0 Å². The fourth-order valence-corrected chi connectivity index (χ4v) is 1.15. The number of hydrogen-bond acceptors (Lipinski definition) is 3. The second-order valence-electron chi connectivity index (χ2n) is 4.51. The molecular weight excluding hydrogens is 228 g/mol. The van der Waals surface area contributed by atoms with Crippen LogP contribution in [0, 0.1) is 0 Å². The summed E-state index contributed by atoms with van der Waals surface area (Å²) in [5, 5.41) is 2.89. The molecule has 0 atom stereocenters. The first-order valence-electron chi connectivity index (χ1n) is 7.04. The Morgan fingerprint density at radius 1 is 1.28 bits per heavy atom. The van der Waals surface area contributed by atoms with Crippen LogP contribution < -0.4 is 5.32 Å². The minimum absolute atomic E-state index is 0.0366. The molecule has 0 aromatic rings. The van der Waals surface area contributed by atoms with Crippen LogP contribution >= 0.6 is 0 Å². The predicted molar refractivity (Wildman–Crippen MR) is 77.9 cm³/mol. The zero-order chi connectivity index (χ0) is 14.6. The number of rotatable bonds is 8. The number of ether oxygens (including phenoxy) is 1. The van der Waals surface area contributed by atoms with E-state index in [0.717, 1.165) is 19.5 Å². The summed E-state index contributed by atoms with van der Waals surface area (Å²) < 4.78 is 5.50. The molecule has 0 radical (unpaired) electrons. The Bertz CT molecular complexity index is 206. The van der Waals surface area contributed by atoms with Gasteiger partial charge in [0.2, 0.25) is 0 Å². The van der Waals surface area contributed by atoms with E-state index in [1.807, 2.05) is 41.7 Å². The van der Waals surface area contributed by atoms with Crippen molar-refractivity contribution in [2.45, 2.75) is 53.6 Å². The highest BCUT2D eigenvalue weighted by molar-refractivity contribution is 5.84. The fraction of sp³-hybridized carbons (Fsp3) is 0.929. The van der Waals surface area contributed by atoms with Gasteiger partial charge in [-0.1, -0.05) is 27.7 Å². The first-order valence-corrected chi connectivity index (χ1v) is 7.04. The summed E-state index contributed by atoms with van der Waals surface area (Å²) in [4.78, 5) is 13.9. The van der Waals surface area contributed by atoms with E-state index >= 15 is 0 Å². The Labute approximate surface area is 113 Å². The highest BCUT2D eigenvalue weighted by Crippen LogP contribution is 2.09. The van der Waals surface area contributed by atoms with E-state index < -0.39 is 5.60 Å². The number of carbonyl (C=O) groups excluding carboxylic acids is 1. The van der Waals surface area contributed by atoms with Crippen molar-refractivity contribution >= 4 is 5.91 Å². The van der Waals surface area contributed by atoms with Gasteiger partial charge in [-0.25, -0.2) is 0 Å². The Morgan fingerprint density at radius 3 is 2.28 bits per heavy atom. The molecule has 0 heterocycles. The van der Waals surface area contributed by atoms with Crippen molar-refractivity contribution in [3.05, 3.63) is 0 Å². The van der Waals surface area contributed by atoms with Crippen LogP contribution in [0.1, 0.15) is 48.0 Å². The van der Waals surface area contributed by atoms with Gasteiger partial charge < -0.3 is 15.0 Å². The average Bonchev–Trinajstić information content (AvgIpc) is 2.38. The summed E-state index contributed by atoms with van der Waals surface area (Å²) in [5.74, 6) is -0.0366. The smallest absolute Gasteiger partial charge is 0.251 e. The minimum Gasteiger partial charge on any atom is -0.366 e. The summed E-state index contributed by atoms with van der Waals surface area (Å²) >= 11 is 0. The molecule has 0 rings (SSSR count). The molecule has 110 valence electrons. The maximum absolute atomic E-state index is 11.8. The van der Waals surface area contributed by atoms with Gasteiger partial charge in [0.05, 0.1) is 0 Å². The van der Waals surface area contributed by atoms with E-state index in [0.29, 0.717) is 13.2 Å². The summed E-state index contributed by atoms with van der Waals surface area (Å²) in [6, 6.07) is 0. The molecule has 0 aromatic carbocycles. The molecule has 4 heteroatoms. The molecule has 0 saturated carbocycles. The molecule has 0 aliphatic carbocycles. The van der Waals surface area contributed by atoms with Crippen molar-refractivity contribution in [2.75, 3.05) is 33.3 Å². The van der Waals surface area contributed by atoms with E-state index in [1.54, 1.807) is 0 Å². The summed E-state index contributed by atoms with van der Waals surface area (Å²) in [6.45, 7) is 14.9. The second-order valence-corrected chi connectivity index (χ2v) is 4.51. The van der Waals surface area contributed by atoms with E-state index in [2.05, 4.69) is 17.1 Å². The van der Waals surface area contributed by atoms with Gasteiger partial charge in [0.15, 0.2) is 0 Å². The SMILES string of the molecule is CC.CCCOC(C)(C)C(=O)NCCN(C)CC. The molecule has 1 amide bonds. The monoisotopic (exact) mass is 260 g/mol. The van der Waals surface area contributed by atoms with Crippen molar-refractivity contribution in [3.63, 3.8) is 0 Å². The standard InChI is InChI=1S/C12H26N2O2.C2H6/c1-6-10-16-12(3,4)11(15)13-8-9-14(5)7-2;1-2/h6-10H2,1-5H3,(H,13,15);1-2H3. The molecule has 0 unspecified atom stereocenters. The maximum Gasteiger partial charge on any atom is 0.251 e. The minimum atomic E-state index is -0.721. The van der Waals surface area contributed by atoms with Crippen molar-refractivity contribution in [3.8, 4) is 0 Å². The van der Waals surface area contributed by atoms with E-state index in [-0.39, 0.29) is 5.91 Å². The number of likely N-dealkylation sites (N-methyl/N-ethyl adjacent to an activating group) is 1. The van der Waals surface area contributed by atoms with Gasteiger partial charge in [-0.2, -0.15) is 0 Å². The Hall–Kier alpha value is -0.610. The van der Waals surface area contributed by atoms with Gasteiger partial charge in [-0.05, 0) is 33.9 Å². The summed E-state index contributed by atoms with van der Waals surface area (Å²) in [6.07, 6.45) is 0.926. The number of amides is 1. The Kier molecular flexibility index (Phi) is 12.6. The lowest BCUT2D eigenvalue weighted by atomic mass is 10.1. The first-order chi connectivity index (χ1) is 8.44. The van der Waals surface area contributed by atoms with Crippen LogP contribution in [-0.2, 0) is 9.53 Å². The zero-order valence-corrected chi connectivity index (χ0v) is 13.3. The largest absolute Gasteiger partial charge is 0.366 e. The number of nitrogens with one attached hydrogen (secondary N) is 1. The average molecular weight is 260 g/mol. The third-order valence-corrected chi connectivity index (χ3v) is 2.53. The summed E-state index contributed by atoms with van der Waals surface area (Å²) in [5.41, 5.74) is -0.721. The molecular formula is C14H32N2O2. The normalized spacial score (nSPS) is 10.9. The third-order valence-electron chi connectivity index (χ3n) is 2.53. The van der Waals surface area contributed by atoms with Crippen LogP contribution in [-0.4, -0.2) is 49.7 Å². The molecule has 18 heavy (non-hydrogen) atoms. The third kappa shape index (κ3) is 9.42. The predicted octanol–water partition coefficient (Wildman–Crippen LogP) is 2.29. The number of nitrogens with zero attached hydrogens (tertiary/aromatic N) is 1. The van der Waals surface area contributed by atoms with E-state index in [9.17, 15) is 4.79 Å². The molecule has 0 bridgehead atoms. The second kappa shape index (κ2) is 11.5. The first kappa shape index (κ1) is 19.7. The molecule has 0 spiro atoms. The number of carbonyl (C=O) groups is 1. The van der Waals surface area contributed by atoms with Gasteiger partial charge in [0.25, 0.3) is 5.91 Å². The van der Waals surface area contributed by atoms with Gasteiger partial charge in [-0.3, -0.25) is 4.79 Å². The Balaban J connectivity index is 0. The van der Waals surface area contributed by atoms with Crippen LogP contribution in [0.2, 0.25) is 0 Å². The van der Waals surface area contributed by atoms with Crippen LogP contribution in [0.3, 0.4) is 0 Å². The molecule has 1 N–H and O–H groups in total. The van der Waals surface area contributed by atoms with E-state index in [1.165, 1.54) is 0 Å².